The number of halogens is 7. The number of alkyl halides is 3. The van der Waals surface area contributed by atoms with Crippen LogP contribution < -0.4 is 26.9 Å². The van der Waals surface area contributed by atoms with E-state index in [9.17, 15) is 18.0 Å². The molecule has 0 fully saturated rings. The van der Waals surface area contributed by atoms with Crippen LogP contribution in [0.1, 0.15) is 10.5 Å². The molecule has 0 aliphatic carbocycles. The van der Waals surface area contributed by atoms with Crippen molar-refractivity contribution in [2.75, 3.05) is 0 Å². The van der Waals surface area contributed by atoms with Crippen LogP contribution in [0.3, 0.4) is 0 Å². The van der Waals surface area contributed by atoms with Crippen LogP contribution in [0.15, 0.2) is 64.9 Å². The van der Waals surface area contributed by atoms with Crippen molar-refractivity contribution < 1.29 is 39.6 Å². The number of carbonyl (C=O) groups excluding carboxylic acids is 1. The van der Waals surface area contributed by atoms with Crippen LogP contribution in [0.2, 0.25) is 10.0 Å². The van der Waals surface area contributed by atoms with E-state index in [0.29, 0.717) is 26.9 Å². The second kappa shape index (κ2) is 9.82. The number of allylic oxidation sites excluding steroid dienone is 2. The Morgan fingerprint density at radius 1 is 1.16 bits per heavy atom. The topological polar surface area (TPSA) is 49.0 Å². The molecule has 1 atom stereocenters. The van der Waals surface area contributed by atoms with Crippen molar-refractivity contribution in [2.45, 2.75) is 12.2 Å². The first-order valence-corrected chi connectivity index (χ1v) is 18.5. The average molecular weight is 706 g/mol. The Morgan fingerprint density at radius 2 is 1.97 bits per heavy atom. The monoisotopic (exact) mass is 705 g/mol. The van der Waals surface area contributed by atoms with Crippen molar-refractivity contribution in [2.24, 2.45) is 0 Å². The van der Waals surface area contributed by atoms with Crippen molar-refractivity contribution in [3.05, 3.63) is 80.6 Å². The second-order valence-electron chi connectivity index (χ2n) is 6.60. The molecule has 3 aromatic rings. The first kappa shape index (κ1) is 23.7. The number of amides is 1. The van der Waals surface area contributed by atoms with Gasteiger partial charge in [0.2, 0.25) is 0 Å². The van der Waals surface area contributed by atoms with E-state index in [2.05, 4.69) is 10.3 Å². The van der Waals surface area contributed by atoms with Gasteiger partial charge in [0.1, 0.15) is 0 Å². The van der Waals surface area contributed by atoms with Crippen molar-refractivity contribution in [1.29, 1.82) is 0 Å². The van der Waals surface area contributed by atoms with Crippen LogP contribution in [0.5, 0.6) is 0 Å². The number of fused-ring (bicyclic) bond motifs is 1. The third kappa shape index (κ3) is 5.05. The minimum absolute atomic E-state index is 0.0325. The number of benzene rings is 1. The standard InChI is InChI=1S/C21H13Cl2F3I2N3O/c22-13-8-7-12(11-14(13)23)19-29-17(16-6-2-4-10-31(16)19)20(32)30-18(21(24,25)26)15-5-1-3-9-27-28-15/h1-11,18H,(H,30,32)/q-1/p+1. The van der Waals surface area contributed by atoms with Crippen molar-refractivity contribution in [3.63, 3.8) is 0 Å². The molecule has 1 aliphatic rings. The number of aromatic amines is 1. The maximum absolute atomic E-state index is 13.9. The van der Waals surface area contributed by atoms with E-state index >= 15 is 0 Å². The predicted molar refractivity (Wildman–Crippen MR) is 124 cm³/mol. The Kier molecular flexibility index (Phi) is 7.27. The Balaban J connectivity index is 1.75. The summed E-state index contributed by atoms with van der Waals surface area (Å²) in [5, 5.41) is 2.92. The van der Waals surface area contributed by atoms with E-state index in [4.69, 9.17) is 23.2 Å². The molecule has 168 valence electrons. The van der Waals surface area contributed by atoms with Crippen molar-refractivity contribution in [1.82, 2.24) is 10.3 Å². The SMILES string of the molecule is O=C(NC(C1=I[I-]C=CC=C1)C(F)(F)F)c1[nH]c(-c2ccc(Cl)c(Cl)c2)[n+]2ccccc12. The molecule has 0 spiro atoms. The maximum atomic E-state index is 13.9. The molecule has 4 rings (SSSR count). The summed E-state index contributed by atoms with van der Waals surface area (Å²) in [5.41, 5.74) is 1.11. The normalized spacial score (nSPS) is 15.3. The number of aromatic nitrogens is 2. The van der Waals surface area contributed by atoms with Gasteiger partial charge in [-0.15, -0.1) is 0 Å². The fourth-order valence-electron chi connectivity index (χ4n) is 3.07. The summed E-state index contributed by atoms with van der Waals surface area (Å²) in [4.78, 5) is 16.1. The molecule has 1 amide bonds. The average Bonchev–Trinajstić information content (AvgIpc) is 2.93. The summed E-state index contributed by atoms with van der Waals surface area (Å²) < 4.78 is 45.5. The van der Waals surface area contributed by atoms with E-state index in [0.717, 1.165) is 0 Å². The van der Waals surface area contributed by atoms with Gasteiger partial charge in [0.25, 0.3) is 0 Å². The number of H-pyrrole nitrogens is 1. The molecule has 0 saturated heterocycles. The van der Waals surface area contributed by atoms with E-state index in [-0.39, 0.29) is 9.20 Å². The van der Waals surface area contributed by atoms with Gasteiger partial charge >= 0.3 is 197 Å². The zero-order valence-electron chi connectivity index (χ0n) is 15.9. The van der Waals surface area contributed by atoms with E-state index in [1.165, 1.54) is 6.08 Å². The number of carbonyl (C=O) groups is 1. The molecule has 1 aromatic carbocycles. The Morgan fingerprint density at radius 3 is 2.72 bits per heavy atom. The molecule has 2 aromatic heterocycles. The van der Waals surface area contributed by atoms with Gasteiger partial charge < -0.3 is 0 Å². The fraction of sp³-hybridized carbons (Fsp3) is 0.0952. The molecule has 4 nitrogen and oxygen atoms in total. The van der Waals surface area contributed by atoms with Gasteiger partial charge in [0.05, 0.1) is 0 Å². The van der Waals surface area contributed by atoms with Gasteiger partial charge in [0, 0.05) is 0 Å². The van der Waals surface area contributed by atoms with Crippen LogP contribution >= 0.6 is 40.0 Å². The molecule has 0 bridgehead atoms. The molecule has 2 N–H and O–H groups in total. The van der Waals surface area contributed by atoms with Gasteiger partial charge in [-0.25, -0.2) is 0 Å². The molecule has 11 heteroatoms. The second-order valence-corrected chi connectivity index (χ2v) is 16.1. The summed E-state index contributed by atoms with van der Waals surface area (Å²) in [6.07, 6.45) is 1.98. The predicted octanol–water partition coefficient (Wildman–Crippen LogP) is 2.62. The number of hydrogen-bond donors (Lipinski definition) is 2. The molecular weight excluding hydrogens is 692 g/mol. The summed E-state index contributed by atoms with van der Waals surface area (Å²) in [6, 6.07) is 8.08. The van der Waals surface area contributed by atoms with Crippen LogP contribution in [0.25, 0.3) is 16.9 Å². The first-order chi connectivity index (χ1) is 15.3. The molecule has 0 radical (unpaired) electrons. The molecule has 1 unspecified atom stereocenters. The number of rotatable bonds is 4. The van der Waals surface area contributed by atoms with Crippen LogP contribution in [0, 0.1) is 0 Å². The van der Waals surface area contributed by atoms with E-state index in [1.807, 2.05) is 4.08 Å². The molecule has 32 heavy (non-hydrogen) atoms. The third-order valence-corrected chi connectivity index (χ3v) is 14.2. The summed E-state index contributed by atoms with van der Waals surface area (Å²) in [5.74, 6) is -0.333. The van der Waals surface area contributed by atoms with Gasteiger partial charge in [-0.2, -0.15) is 0 Å². The number of pyridine rings is 1. The number of nitrogens with one attached hydrogen (secondary N) is 2. The summed E-state index contributed by atoms with van der Waals surface area (Å²) >= 11 is 10.9. The van der Waals surface area contributed by atoms with Crippen molar-refractivity contribution >= 4 is 54.9 Å². The zero-order chi connectivity index (χ0) is 22.9. The first-order valence-electron chi connectivity index (χ1n) is 9.09. The number of hydrogen-bond acceptors (Lipinski definition) is 1. The minimum atomic E-state index is -4.59. The van der Waals surface area contributed by atoms with E-state index < -0.39 is 52.1 Å². The summed E-state index contributed by atoms with van der Waals surface area (Å²) in [7, 11) is 0. The van der Waals surface area contributed by atoms with Crippen LogP contribution in [-0.4, -0.2) is 26.6 Å². The summed E-state index contributed by atoms with van der Waals surface area (Å²) in [6.45, 7) is 0. The van der Waals surface area contributed by atoms with Crippen LogP contribution in [-0.2, 0) is 0 Å². The van der Waals surface area contributed by atoms with Gasteiger partial charge in [-0.1, -0.05) is 11.6 Å². The third-order valence-electron chi connectivity index (χ3n) is 4.51. The quantitative estimate of drug-likeness (QED) is 0.319. The van der Waals surface area contributed by atoms with Crippen LogP contribution in [0.4, 0.5) is 13.2 Å². The molecular formula is C21H14Cl2F3I2N3O. The molecule has 0 saturated carbocycles. The molecule has 1 aliphatic heterocycles. The Hall–Kier alpha value is -1.44. The van der Waals surface area contributed by atoms with Crippen molar-refractivity contribution in [3.8, 4) is 11.4 Å². The Labute approximate surface area is 207 Å². The number of nitrogens with zero attached hydrogens (tertiary/aromatic N) is 1. The van der Waals surface area contributed by atoms with E-state index in [1.54, 1.807) is 59.1 Å². The Bertz CT molecular complexity index is 1290. The number of imidazole rings is 1. The zero-order valence-corrected chi connectivity index (χ0v) is 21.8. The van der Waals surface area contributed by atoms with Gasteiger partial charge in [-0.05, 0) is 0 Å². The fourth-order valence-corrected chi connectivity index (χ4v) is 11.5. The molecule has 3 heterocycles. The van der Waals surface area contributed by atoms with Gasteiger partial charge in [-0.3, -0.25) is 0 Å². The van der Waals surface area contributed by atoms with Gasteiger partial charge in [0.15, 0.2) is 0 Å².